The van der Waals surface area contributed by atoms with Crippen LogP contribution >= 0.6 is 0 Å². The molecule has 3 saturated heterocycles. The van der Waals surface area contributed by atoms with Crippen molar-refractivity contribution in [2.24, 2.45) is 11.3 Å². The van der Waals surface area contributed by atoms with Crippen molar-refractivity contribution in [1.82, 2.24) is 14.7 Å². The van der Waals surface area contributed by atoms with E-state index in [4.69, 9.17) is 0 Å². The van der Waals surface area contributed by atoms with Gasteiger partial charge in [0.25, 0.3) is 0 Å². The predicted molar refractivity (Wildman–Crippen MR) is 78.3 cm³/mol. The number of nitrogens with zero attached hydrogens (tertiary/aromatic N) is 3. The number of hydrogen-bond donors (Lipinski definition) is 0. The van der Waals surface area contributed by atoms with Gasteiger partial charge in [-0.3, -0.25) is 9.80 Å². The lowest BCUT2D eigenvalue weighted by Crippen LogP contribution is -2.73. The quantitative estimate of drug-likeness (QED) is 0.747. The van der Waals surface area contributed by atoms with E-state index in [0.717, 1.165) is 23.4 Å². The summed E-state index contributed by atoms with van der Waals surface area (Å²) in [4.78, 5) is 7.92. The average molecular weight is 263 g/mol. The Morgan fingerprint density at radius 2 is 1.42 bits per heavy atom. The fourth-order valence-electron chi connectivity index (χ4n) is 4.68. The van der Waals surface area contributed by atoms with Crippen molar-refractivity contribution in [2.75, 3.05) is 46.3 Å². The van der Waals surface area contributed by atoms with Crippen LogP contribution in [-0.2, 0) is 0 Å². The fraction of sp³-hybridized carbons (Fsp3) is 1.00. The second-order valence-electron chi connectivity index (χ2n) is 8.07. The number of hydrogen-bond acceptors (Lipinski definition) is 3. The Hall–Kier alpha value is -0.120. The first-order chi connectivity index (χ1) is 9.13. The van der Waals surface area contributed by atoms with Crippen molar-refractivity contribution >= 4 is 0 Å². The zero-order valence-corrected chi connectivity index (χ0v) is 12.6. The highest BCUT2D eigenvalue weighted by atomic mass is 15.4. The van der Waals surface area contributed by atoms with E-state index < -0.39 is 0 Å². The average Bonchev–Trinajstić information content (AvgIpc) is 2.25. The molecule has 3 nitrogen and oxygen atoms in total. The molecule has 3 heteroatoms. The number of likely N-dealkylation sites (N-methyl/N-ethyl adjacent to an activating group) is 1. The van der Waals surface area contributed by atoms with E-state index >= 15 is 0 Å². The standard InChI is InChI=1S/C16H29N3/c1-13-3-5-16(6-4-13)11-19(12-16)15-9-18(10-15)14-7-17(2)8-14/h13-15H,3-12H2,1-2H3. The molecule has 0 aromatic rings. The molecule has 1 saturated carbocycles. The maximum Gasteiger partial charge on any atom is 0.0351 e. The molecule has 0 radical (unpaired) electrons. The Balaban J connectivity index is 1.21. The summed E-state index contributed by atoms with van der Waals surface area (Å²) >= 11 is 0. The minimum Gasteiger partial charge on any atom is -0.303 e. The third-order valence-corrected chi connectivity index (χ3v) is 6.38. The minimum absolute atomic E-state index is 0.754. The Bertz CT molecular complexity index is 328. The molecule has 0 atom stereocenters. The number of likely N-dealkylation sites (tertiary alicyclic amines) is 3. The lowest BCUT2D eigenvalue weighted by Gasteiger charge is -2.61. The smallest absolute Gasteiger partial charge is 0.0351 e. The normalized spacial score (nSPS) is 35.1. The van der Waals surface area contributed by atoms with Gasteiger partial charge in [-0.25, -0.2) is 0 Å². The van der Waals surface area contributed by atoms with Gasteiger partial charge < -0.3 is 4.90 Å². The first kappa shape index (κ1) is 12.6. The van der Waals surface area contributed by atoms with Gasteiger partial charge in [0.1, 0.15) is 0 Å². The molecule has 3 aliphatic heterocycles. The zero-order valence-electron chi connectivity index (χ0n) is 12.6. The van der Waals surface area contributed by atoms with Crippen LogP contribution < -0.4 is 0 Å². The van der Waals surface area contributed by atoms with Crippen LogP contribution in [0.2, 0.25) is 0 Å². The van der Waals surface area contributed by atoms with Crippen molar-refractivity contribution in [1.29, 1.82) is 0 Å². The first-order valence-electron chi connectivity index (χ1n) is 8.30. The monoisotopic (exact) mass is 263 g/mol. The van der Waals surface area contributed by atoms with E-state index in [2.05, 4.69) is 28.7 Å². The lowest BCUT2D eigenvalue weighted by molar-refractivity contribution is -0.119. The molecular weight excluding hydrogens is 234 g/mol. The summed E-state index contributed by atoms with van der Waals surface area (Å²) in [5.74, 6) is 0.995. The van der Waals surface area contributed by atoms with Gasteiger partial charge in [0, 0.05) is 51.4 Å². The van der Waals surface area contributed by atoms with E-state index in [-0.39, 0.29) is 0 Å². The molecule has 0 amide bonds. The van der Waals surface area contributed by atoms with Gasteiger partial charge in [-0.15, -0.1) is 0 Å². The van der Waals surface area contributed by atoms with Crippen LogP contribution in [0, 0.1) is 11.3 Å². The summed E-state index contributed by atoms with van der Waals surface area (Å²) in [5, 5.41) is 0. The molecule has 0 bridgehead atoms. The topological polar surface area (TPSA) is 9.72 Å². The van der Waals surface area contributed by atoms with Gasteiger partial charge >= 0.3 is 0 Å². The molecule has 3 heterocycles. The Kier molecular flexibility index (Phi) is 2.95. The van der Waals surface area contributed by atoms with E-state index in [9.17, 15) is 0 Å². The summed E-state index contributed by atoms with van der Waals surface area (Å²) in [6, 6.07) is 1.78. The highest BCUT2D eigenvalue weighted by Crippen LogP contribution is 2.46. The van der Waals surface area contributed by atoms with Crippen LogP contribution in [0.4, 0.5) is 0 Å². The van der Waals surface area contributed by atoms with Crippen molar-refractivity contribution in [2.45, 2.75) is 44.7 Å². The fourth-order valence-corrected chi connectivity index (χ4v) is 4.68. The van der Waals surface area contributed by atoms with Crippen LogP contribution in [0.5, 0.6) is 0 Å². The largest absolute Gasteiger partial charge is 0.303 e. The summed E-state index contributed by atoms with van der Waals surface area (Å²) in [6.07, 6.45) is 5.99. The van der Waals surface area contributed by atoms with Gasteiger partial charge in [0.2, 0.25) is 0 Å². The van der Waals surface area contributed by atoms with Crippen LogP contribution in [0.1, 0.15) is 32.6 Å². The van der Waals surface area contributed by atoms with Crippen molar-refractivity contribution in [3.05, 3.63) is 0 Å². The zero-order chi connectivity index (χ0) is 13.0. The van der Waals surface area contributed by atoms with Crippen molar-refractivity contribution in [3.8, 4) is 0 Å². The third-order valence-electron chi connectivity index (χ3n) is 6.38. The summed E-state index contributed by atoms with van der Waals surface area (Å²) in [6.45, 7) is 10.6. The van der Waals surface area contributed by atoms with E-state index in [1.165, 1.54) is 65.0 Å². The van der Waals surface area contributed by atoms with Crippen LogP contribution in [0.3, 0.4) is 0 Å². The van der Waals surface area contributed by atoms with Gasteiger partial charge in [0.15, 0.2) is 0 Å². The summed E-state index contributed by atoms with van der Waals surface area (Å²) in [7, 11) is 2.23. The van der Waals surface area contributed by atoms with Gasteiger partial charge in [-0.2, -0.15) is 0 Å². The molecule has 4 rings (SSSR count). The Labute approximate surface area is 117 Å². The molecule has 4 aliphatic rings. The van der Waals surface area contributed by atoms with Crippen molar-refractivity contribution < 1.29 is 0 Å². The molecule has 0 aromatic carbocycles. The maximum absolute atomic E-state index is 2.79. The molecule has 108 valence electrons. The second kappa shape index (κ2) is 4.44. The molecule has 4 fully saturated rings. The lowest BCUT2D eigenvalue weighted by atomic mass is 9.65. The van der Waals surface area contributed by atoms with Crippen LogP contribution in [-0.4, -0.2) is 73.1 Å². The molecule has 1 spiro atoms. The van der Waals surface area contributed by atoms with E-state index in [1.54, 1.807) is 0 Å². The first-order valence-corrected chi connectivity index (χ1v) is 8.30. The summed E-state index contributed by atoms with van der Waals surface area (Å²) < 4.78 is 0. The van der Waals surface area contributed by atoms with Crippen LogP contribution in [0.25, 0.3) is 0 Å². The highest BCUT2D eigenvalue weighted by Gasteiger charge is 2.50. The number of rotatable bonds is 2. The SMILES string of the molecule is CC1CCC2(CC1)CN(C1CN(C3CN(C)C3)C1)C2. The van der Waals surface area contributed by atoms with E-state index in [1.807, 2.05) is 0 Å². The molecule has 19 heavy (non-hydrogen) atoms. The van der Waals surface area contributed by atoms with Gasteiger partial charge in [-0.1, -0.05) is 19.8 Å². The van der Waals surface area contributed by atoms with Gasteiger partial charge in [-0.05, 0) is 31.2 Å². The molecule has 0 aromatic heterocycles. The van der Waals surface area contributed by atoms with E-state index in [0.29, 0.717) is 0 Å². The molecular formula is C16H29N3. The molecule has 1 aliphatic carbocycles. The van der Waals surface area contributed by atoms with Crippen molar-refractivity contribution in [3.63, 3.8) is 0 Å². The van der Waals surface area contributed by atoms with Gasteiger partial charge in [0.05, 0.1) is 0 Å². The Morgan fingerprint density at radius 1 is 0.842 bits per heavy atom. The maximum atomic E-state index is 2.79. The second-order valence-corrected chi connectivity index (χ2v) is 8.07. The Morgan fingerprint density at radius 3 is 2.00 bits per heavy atom. The molecule has 0 N–H and O–H groups in total. The minimum atomic E-state index is 0.754. The highest BCUT2D eigenvalue weighted by molar-refractivity contribution is 5.05. The van der Waals surface area contributed by atoms with Crippen LogP contribution in [0.15, 0.2) is 0 Å². The third kappa shape index (κ3) is 2.14. The summed E-state index contributed by atoms with van der Waals surface area (Å²) in [5.41, 5.74) is 0.754. The predicted octanol–water partition coefficient (Wildman–Crippen LogP) is 1.50. The molecule has 0 unspecified atom stereocenters.